The molecule has 0 unspecified atom stereocenters. The lowest BCUT2D eigenvalue weighted by atomic mass is 10.3. The van der Waals surface area contributed by atoms with Gasteiger partial charge in [-0.3, -0.25) is 4.79 Å². The summed E-state index contributed by atoms with van der Waals surface area (Å²) in [6.07, 6.45) is 0.833. The van der Waals surface area contributed by atoms with Crippen LogP contribution in [-0.2, 0) is 0 Å². The molecule has 0 aromatic heterocycles. The van der Waals surface area contributed by atoms with Crippen molar-refractivity contribution in [2.75, 3.05) is 0 Å². The van der Waals surface area contributed by atoms with E-state index in [1.807, 2.05) is 18.2 Å². The van der Waals surface area contributed by atoms with Crippen LogP contribution in [0.2, 0.25) is 0 Å². The fourth-order valence-corrected chi connectivity index (χ4v) is 0.532. The Balaban J connectivity index is 2.99. The molecule has 1 heteroatoms. The van der Waals surface area contributed by atoms with E-state index in [-0.39, 0.29) is 0 Å². The van der Waals surface area contributed by atoms with Crippen molar-refractivity contribution < 1.29 is 4.79 Å². The van der Waals surface area contributed by atoms with Gasteiger partial charge in [-0.15, -0.1) is 0 Å². The molecule has 0 amide bonds. The van der Waals surface area contributed by atoms with Gasteiger partial charge in [-0.05, 0) is 0 Å². The maximum Gasteiger partial charge on any atom is 0.150 e. The van der Waals surface area contributed by atoms with E-state index >= 15 is 0 Å². The number of benzene rings is 1. The lowest BCUT2D eigenvalue weighted by Gasteiger charge is -1.81. The van der Waals surface area contributed by atoms with E-state index in [0.29, 0.717) is 0 Å². The van der Waals surface area contributed by atoms with Crippen LogP contribution < -0.4 is 0 Å². The third-order valence-corrected chi connectivity index (χ3v) is 0.936. The minimum Gasteiger partial charge on any atom is -0.298 e. The van der Waals surface area contributed by atoms with E-state index in [1.165, 1.54) is 0 Å². The first-order valence-electron chi connectivity index (χ1n) is 2.44. The van der Waals surface area contributed by atoms with Crippen molar-refractivity contribution in [3.63, 3.8) is 0 Å². The molecule has 0 spiro atoms. The molecule has 0 saturated heterocycles. The van der Waals surface area contributed by atoms with Gasteiger partial charge in [0, 0.05) is 5.56 Å². The van der Waals surface area contributed by atoms with Crippen molar-refractivity contribution in [1.29, 1.82) is 0 Å². The molecule has 1 rings (SSSR count). The Labute approximate surface area is 48.0 Å². The molecule has 0 atom stereocenters. The largest absolute Gasteiger partial charge is 0.298 e. The third-order valence-electron chi connectivity index (χ3n) is 0.936. The smallest absolute Gasteiger partial charge is 0.150 e. The van der Waals surface area contributed by atoms with Gasteiger partial charge in [0.05, 0.1) is 0 Å². The van der Waals surface area contributed by atoms with Crippen molar-refractivity contribution in [2.45, 2.75) is 0 Å². The predicted octanol–water partition coefficient (Wildman–Crippen LogP) is 1.50. The molecule has 0 fully saturated rings. The molecule has 0 aliphatic carbocycles. The van der Waals surface area contributed by atoms with E-state index in [1.54, 1.807) is 12.1 Å². The highest BCUT2D eigenvalue weighted by atomic mass is 16.2. The van der Waals surface area contributed by atoms with Gasteiger partial charge in [0.15, 0.2) is 0 Å². The highest BCUT2D eigenvalue weighted by Gasteiger charge is 1.79. The van der Waals surface area contributed by atoms with E-state index in [9.17, 15) is 4.79 Å². The summed E-state index contributed by atoms with van der Waals surface area (Å²) in [6, 6.07) is 9.10. The normalized spacial score (nSPS) is 8.50. The second-order valence-electron chi connectivity index (χ2n) is 1.53. The zero-order valence-corrected chi connectivity index (χ0v) is 4.37. The van der Waals surface area contributed by atoms with Crippen LogP contribution in [0.25, 0.3) is 0 Å². The standard InChI is InChI=1S/C7H6O/c8-6-7-4-2-1-3-5-7/h1-6H/i6+1. The number of carbonyl (C=O) groups is 1. The molecule has 1 aromatic carbocycles. The zero-order chi connectivity index (χ0) is 5.82. The zero-order valence-electron chi connectivity index (χ0n) is 4.37. The minimum atomic E-state index is 0.729. The summed E-state index contributed by atoms with van der Waals surface area (Å²) >= 11 is 0. The van der Waals surface area contributed by atoms with Crippen LogP contribution in [0.4, 0.5) is 0 Å². The summed E-state index contributed by atoms with van der Waals surface area (Å²) in [5.41, 5.74) is 0.729. The maximum atomic E-state index is 10.0. The van der Waals surface area contributed by atoms with E-state index in [2.05, 4.69) is 0 Å². The quantitative estimate of drug-likeness (QED) is 0.392. The van der Waals surface area contributed by atoms with Gasteiger partial charge in [0.1, 0.15) is 6.29 Å². The summed E-state index contributed by atoms with van der Waals surface area (Å²) in [5, 5.41) is 0. The van der Waals surface area contributed by atoms with Gasteiger partial charge in [0.2, 0.25) is 0 Å². The first-order valence-corrected chi connectivity index (χ1v) is 2.44. The second-order valence-corrected chi connectivity index (χ2v) is 1.53. The average molecular weight is 107 g/mol. The monoisotopic (exact) mass is 107 g/mol. The Kier molecular flexibility index (Phi) is 1.42. The molecular formula is C7H6O. The molecule has 0 N–H and O–H groups in total. The summed E-state index contributed by atoms with van der Waals surface area (Å²) < 4.78 is 0. The van der Waals surface area contributed by atoms with Gasteiger partial charge < -0.3 is 0 Å². The lowest BCUT2D eigenvalue weighted by Crippen LogP contribution is -1.73. The lowest BCUT2D eigenvalue weighted by molar-refractivity contribution is 0.112. The summed E-state index contributed by atoms with van der Waals surface area (Å²) in [6.45, 7) is 0. The number of aldehydes is 1. The fourth-order valence-electron chi connectivity index (χ4n) is 0.532. The fraction of sp³-hybridized carbons (Fsp3) is 0. The van der Waals surface area contributed by atoms with E-state index in [0.717, 1.165) is 11.8 Å². The molecule has 0 aliphatic heterocycles. The van der Waals surface area contributed by atoms with Crippen LogP contribution in [0, 0.1) is 0 Å². The van der Waals surface area contributed by atoms with Crippen molar-refractivity contribution in [2.24, 2.45) is 0 Å². The Morgan fingerprint density at radius 3 is 2.12 bits per heavy atom. The Hall–Kier alpha value is -1.11. The first kappa shape index (κ1) is 5.04. The van der Waals surface area contributed by atoms with Crippen molar-refractivity contribution in [1.82, 2.24) is 0 Å². The van der Waals surface area contributed by atoms with Crippen LogP contribution in [0.3, 0.4) is 0 Å². The molecule has 40 valence electrons. The highest BCUT2D eigenvalue weighted by molar-refractivity contribution is 5.74. The topological polar surface area (TPSA) is 17.1 Å². The summed E-state index contributed by atoms with van der Waals surface area (Å²) in [7, 11) is 0. The summed E-state index contributed by atoms with van der Waals surface area (Å²) in [5.74, 6) is 0. The van der Waals surface area contributed by atoms with Gasteiger partial charge >= 0.3 is 0 Å². The van der Waals surface area contributed by atoms with Crippen molar-refractivity contribution in [3.8, 4) is 0 Å². The second kappa shape index (κ2) is 2.26. The van der Waals surface area contributed by atoms with Crippen LogP contribution in [0.5, 0.6) is 0 Å². The molecule has 0 heterocycles. The molecule has 8 heavy (non-hydrogen) atoms. The Morgan fingerprint density at radius 2 is 1.75 bits per heavy atom. The SMILES string of the molecule is O=[13CH]c1ccccc1. The molecule has 0 aliphatic rings. The number of hydrogen-bond acceptors (Lipinski definition) is 1. The molecular weight excluding hydrogens is 101 g/mol. The number of hydrogen-bond donors (Lipinski definition) is 0. The molecule has 1 nitrogen and oxygen atoms in total. The van der Waals surface area contributed by atoms with Crippen LogP contribution in [-0.4, -0.2) is 6.29 Å². The van der Waals surface area contributed by atoms with E-state index < -0.39 is 0 Å². The predicted molar refractivity (Wildman–Crippen MR) is 31.8 cm³/mol. The van der Waals surface area contributed by atoms with Crippen LogP contribution in [0.15, 0.2) is 30.3 Å². The van der Waals surface area contributed by atoms with Crippen molar-refractivity contribution in [3.05, 3.63) is 35.9 Å². The average Bonchev–Trinajstić information content (AvgIpc) is 1.90. The highest BCUT2D eigenvalue weighted by Crippen LogP contribution is 1.91. The Bertz CT molecular complexity index is 167. The number of carbonyl (C=O) groups excluding carboxylic acids is 1. The molecule has 0 radical (unpaired) electrons. The third kappa shape index (κ3) is 0.936. The van der Waals surface area contributed by atoms with Gasteiger partial charge in [-0.2, -0.15) is 0 Å². The van der Waals surface area contributed by atoms with Gasteiger partial charge in [-0.1, -0.05) is 30.3 Å². The molecule has 0 saturated carbocycles. The summed E-state index contributed by atoms with van der Waals surface area (Å²) in [4.78, 5) is 10.0. The van der Waals surface area contributed by atoms with Crippen LogP contribution in [0.1, 0.15) is 10.4 Å². The van der Waals surface area contributed by atoms with Crippen molar-refractivity contribution >= 4 is 6.29 Å². The van der Waals surface area contributed by atoms with Crippen LogP contribution >= 0.6 is 0 Å². The number of rotatable bonds is 1. The van der Waals surface area contributed by atoms with Gasteiger partial charge in [-0.25, -0.2) is 0 Å². The first-order chi connectivity index (χ1) is 3.93. The van der Waals surface area contributed by atoms with E-state index in [4.69, 9.17) is 0 Å². The Morgan fingerprint density at radius 1 is 1.12 bits per heavy atom. The molecule has 1 aromatic rings. The van der Waals surface area contributed by atoms with Gasteiger partial charge in [0.25, 0.3) is 0 Å². The maximum absolute atomic E-state index is 10.0. The molecule has 0 bridgehead atoms. The minimum absolute atomic E-state index is 0.729.